The minimum absolute atomic E-state index is 0.190. The van der Waals surface area contributed by atoms with Gasteiger partial charge in [0.15, 0.2) is 0 Å². The van der Waals surface area contributed by atoms with Crippen molar-refractivity contribution in [1.29, 1.82) is 0 Å². The molecular formula is C22H21O2P. The maximum atomic E-state index is 12.2. The van der Waals surface area contributed by atoms with Crippen LogP contribution in [-0.2, 0) is 4.74 Å². The van der Waals surface area contributed by atoms with Gasteiger partial charge in [-0.05, 0) is 30.2 Å². The Hall–Kier alpha value is -2.44. The molecule has 0 aliphatic rings. The van der Waals surface area contributed by atoms with Crippen LogP contribution in [-0.4, -0.2) is 13.1 Å². The number of carbonyl (C=O) groups excluding carboxylic acids is 1. The summed E-state index contributed by atoms with van der Waals surface area (Å²) in [6.45, 7) is 2.20. The molecule has 3 aromatic carbocycles. The van der Waals surface area contributed by atoms with Gasteiger partial charge in [0, 0.05) is 5.66 Å². The first-order valence-corrected chi connectivity index (χ1v) is 9.70. The monoisotopic (exact) mass is 348 g/mol. The van der Waals surface area contributed by atoms with E-state index in [2.05, 4.69) is 55.5 Å². The van der Waals surface area contributed by atoms with Gasteiger partial charge in [0.2, 0.25) is 0 Å². The summed E-state index contributed by atoms with van der Waals surface area (Å²) >= 11 is 0. The normalized spacial score (nSPS) is 12.0. The Morgan fingerprint density at radius 1 is 0.800 bits per heavy atom. The van der Waals surface area contributed by atoms with Gasteiger partial charge < -0.3 is 4.74 Å². The highest BCUT2D eigenvalue weighted by Crippen LogP contribution is 2.49. The Morgan fingerprint density at radius 3 is 1.80 bits per heavy atom. The zero-order valence-corrected chi connectivity index (χ0v) is 15.3. The fourth-order valence-electron chi connectivity index (χ4n) is 3.07. The molecule has 0 saturated heterocycles. The van der Waals surface area contributed by atoms with E-state index in [4.69, 9.17) is 4.74 Å². The molecule has 0 amide bonds. The maximum Gasteiger partial charge on any atom is 0.338 e. The summed E-state index contributed by atoms with van der Waals surface area (Å²) in [5.41, 5.74) is 1.88. The van der Waals surface area contributed by atoms with Crippen molar-refractivity contribution in [3.05, 3.63) is 96.1 Å². The van der Waals surface area contributed by atoms with Crippen LogP contribution in [0.1, 0.15) is 28.5 Å². The van der Waals surface area contributed by atoms with E-state index in [0.717, 1.165) is 5.56 Å². The van der Waals surface area contributed by atoms with Crippen LogP contribution in [0.3, 0.4) is 0 Å². The lowest BCUT2D eigenvalue weighted by Gasteiger charge is -2.27. The summed E-state index contributed by atoms with van der Waals surface area (Å²) < 4.78 is 4.99. The van der Waals surface area contributed by atoms with E-state index in [9.17, 15) is 4.79 Å². The van der Waals surface area contributed by atoms with Crippen LogP contribution in [0.15, 0.2) is 84.9 Å². The van der Waals surface area contributed by atoms with E-state index in [1.54, 1.807) is 0 Å². The Kier molecular flexibility index (Phi) is 5.63. The number of ether oxygens (including phenoxy) is 1. The van der Waals surface area contributed by atoms with Crippen molar-refractivity contribution in [2.24, 2.45) is 0 Å². The van der Waals surface area contributed by atoms with Crippen molar-refractivity contribution in [2.45, 2.75) is 12.6 Å². The van der Waals surface area contributed by atoms with Crippen LogP contribution in [0.5, 0.6) is 0 Å². The third-order valence-corrected chi connectivity index (χ3v) is 7.03. The van der Waals surface area contributed by atoms with Gasteiger partial charge in [0.05, 0.1) is 12.7 Å². The van der Waals surface area contributed by atoms with Crippen molar-refractivity contribution in [3.8, 4) is 0 Å². The SMILES string of the molecule is COC(=O)c1ccccc1[C@@H](C)P(c1ccccc1)c1ccccc1. The molecule has 0 bridgehead atoms. The first kappa shape index (κ1) is 17.4. The van der Waals surface area contributed by atoms with E-state index in [0.29, 0.717) is 5.56 Å². The molecule has 0 heterocycles. The van der Waals surface area contributed by atoms with Crippen molar-refractivity contribution in [1.82, 2.24) is 0 Å². The number of benzene rings is 3. The molecule has 126 valence electrons. The van der Waals surface area contributed by atoms with Crippen LogP contribution in [0, 0.1) is 0 Å². The molecule has 1 atom stereocenters. The van der Waals surface area contributed by atoms with Gasteiger partial charge in [-0.25, -0.2) is 4.79 Å². The number of rotatable bonds is 5. The quantitative estimate of drug-likeness (QED) is 0.495. The van der Waals surface area contributed by atoms with Gasteiger partial charge in [0.25, 0.3) is 0 Å². The second kappa shape index (κ2) is 8.09. The standard InChI is InChI=1S/C22H21O2P/c1-17(20-15-9-10-16-21(20)22(23)24-2)25(18-11-5-3-6-12-18)19-13-7-4-8-14-19/h3-17H,1-2H3/t17-/m1/s1. The van der Waals surface area contributed by atoms with Crippen LogP contribution in [0.4, 0.5) is 0 Å². The molecule has 25 heavy (non-hydrogen) atoms. The smallest absolute Gasteiger partial charge is 0.338 e. The lowest BCUT2D eigenvalue weighted by atomic mass is 10.1. The summed E-state index contributed by atoms with van der Waals surface area (Å²) in [7, 11) is 0.789. The lowest BCUT2D eigenvalue weighted by Crippen LogP contribution is -2.17. The van der Waals surface area contributed by atoms with Crippen LogP contribution < -0.4 is 10.6 Å². The highest BCUT2D eigenvalue weighted by Gasteiger charge is 2.25. The van der Waals surface area contributed by atoms with Crippen molar-refractivity contribution in [3.63, 3.8) is 0 Å². The fraction of sp³-hybridized carbons (Fsp3) is 0.136. The molecule has 0 radical (unpaired) electrons. The molecule has 0 fully saturated rings. The Labute approximate surface area is 150 Å². The predicted molar refractivity (Wildman–Crippen MR) is 105 cm³/mol. The molecule has 3 heteroatoms. The number of methoxy groups -OCH3 is 1. The average molecular weight is 348 g/mol. The second-order valence-corrected chi connectivity index (χ2v) is 8.34. The Morgan fingerprint density at radius 2 is 1.28 bits per heavy atom. The van der Waals surface area contributed by atoms with Gasteiger partial charge in [-0.15, -0.1) is 0 Å². The third kappa shape index (κ3) is 3.81. The summed E-state index contributed by atoms with van der Waals surface area (Å²) in [4.78, 5) is 12.2. The maximum absolute atomic E-state index is 12.2. The van der Waals surface area contributed by atoms with Crippen molar-refractivity contribution >= 4 is 24.5 Å². The fourth-order valence-corrected chi connectivity index (χ4v) is 5.75. The van der Waals surface area contributed by atoms with Gasteiger partial charge in [0.1, 0.15) is 0 Å². The number of hydrogen-bond donors (Lipinski definition) is 0. The molecule has 0 aromatic heterocycles. The van der Waals surface area contributed by atoms with Crippen molar-refractivity contribution in [2.75, 3.05) is 7.11 Å². The van der Waals surface area contributed by atoms with Gasteiger partial charge >= 0.3 is 5.97 Å². The summed E-state index contributed by atoms with van der Waals surface area (Å²) in [6, 6.07) is 28.8. The number of esters is 1. The average Bonchev–Trinajstić information content (AvgIpc) is 2.69. The van der Waals surface area contributed by atoms with E-state index < -0.39 is 7.92 Å². The molecule has 0 spiro atoms. The molecule has 0 aliphatic heterocycles. The first-order valence-electron chi connectivity index (χ1n) is 8.29. The van der Waals surface area contributed by atoms with E-state index in [1.165, 1.54) is 17.7 Å². The highest BCUT2D eigenvalue weighted by molar-refractivity contribution is 7.73. The molecule has 0 saturated carbocycles. The largest absolute Gasteiger partial charge is 0.465 e. The van der Waals surface area contributed by atoms with Gasteiger partial charge in [-0.3, -0.25) is 0 Å². The minimum Gasteiger partial charge on any atom is -0.465 e. The zero-order valence-electron chi connectivity index (χ0n) is 14.4. The van der Waals surface area contributed by atoms with Gasteiger partial charge in [-0.2, -0.15) is 0 Å². The number of hydrogen-bond acceptors (Lipinski definition) is 2. The first-order chi connectivity index (χ1) is 12.2. The van der Waals surface area contributed by atoms with E-state index in [-0.39, 0.29) is 11.6 Å². The summed E-state index contributed by atoms with van der Waals surface area (Å²) in [5, 5.41) is 2.60. The molecule has 0 aliphatic carbocycles. The Balaban J connectivity index is 2.10. The van der Waals surface area contributed by atoms with Crippen molar-refractivity contribution < 1.29 is 9.53 Å². The molecule has 3 aromatic rings. The van der Waals surface area contributed by atoms with Crippen LogP contribution in [0.25, 0.3) is 0 Å². The van der Waals surface area contributed by atoms with E-state index in [1.807, 2.05) is 36.4 Å². The predicted octanol–water partition coefficient (Wildman–Crippen LogP) is 4.67. The summed E-state index contributed by atoms with van der Waals surface area (Å²) in [6.07, 6.45) is 0. The third-order valence-electron chi connectivity index (χ3n) is 4.27. The second-order valence-electron chi connectivity index (χ2n) is 5.80. The Bertz CT molecular complexity index is 791. The van der Waals surface area contributed by atoms with E-state index >= 15 is 0 Å². The van der Waals surface area contributed by atoms with Gasteiger partial charge in [-0.1, -0.05) is 85.8 Å². The van der Waals surface area contributed by atoms with Crippen LogP contribution in [0.2, 0.25) is 0 Å². The van der Waals surface area contributed by atoms with Crippen LogP contribution >= 0.6 is 7.92 Å². The topological polar surface area (TPSA) is 26.3 Å². The summed E-state index contributed by atoms with van der Waals surface area (Å²) in [5.74, 6) is -0.279. The zero-order chi connectivity index (χ0) is 17.6. The molecule has 2 nitrogen and oxygen atoms in total. The number of carbonyl (C=O) groups is 1. The lowest BCUT2D eigenvalue weighted by molar-refractivity contribution is 0.0599. The molecule has 3 rings (SSSR count). The molecule has 0 N–H and O–H groups in total. The molecular weight excluding hydrogens is 327 g/mol. The molecule has 0 unspecified atom stereocenters. The highest BCUT2D eigenvalue weighted by atomic mass is 31.1. The minimum atomic E-state index is -0.642.